The van der Waals surface area contributed by atoms with E-state index in [0.29, 0.717) is 6.42 Å². The Balaban J connectivity index is 3.17. The minimum atomic E-state index is -0.753. The molecule has 0 aromatic heterocycles. The molecule has 0 fully saturated rings. The lowest BCUT2D eigenvalue weighted by Crippen LogP contribution is -2.18. The number of hydrogen-bond donors (Lipinski definition) is 1. The number of aliphatic hydroxyl groups is 1. The average Bonchev–Trinajstić information content (AvgIpc) is 2.02. The molecule has 0 spiro atoms. The minimum Gasteiger partial charge on any atom is -0.386 e. The summed E-state index contributed by atoms with van der Waals surface area (Å²) in [6.45, 7) is 1.83. The lowest BCUT2D eigenvalue weighted by atomic mass is 10.1. The zero-order valence-electron chi connectivity index (χ0n) is 8.24. The van der Waals surface area contributed by atoms with Crippen LogP contribution in [0.5, 0.6) is 0 Å². The van der Waals surface area contributed by atoms with Crippen LogP contribution in [0, 0.1) is 10.1 Å². The molecular formula is C9H19NO3. The molecule has 0 radical (unpaired) electrons. The van der Waals surface area contributed by atoms with Crippen molar-refractivity contribution in [3.63, 3.8) is 0 Å². The van der Waals surface area contributed by atoms with Gasteiger partial charge < -0.3 is 5.11 Å². The first-order valence-electron chi connectivity index (χ1n) is 4.96. The first-order chi connectivity index (χ1) is 6.16. The number of nitro groups is 1. The maximum absolute atomic E-state index is 9.99. The van der Waals surface area contributed by atoms with Crippen LogP contribution in [-0.4, -0.2) is 22.7 Å². The van der Waals surface area contributed by atoms with Gasteiger partial charge in [0.1, 0.15) is 6.10 Å². The molecule has 0 rings (SSSR count). The minimum absolute atomic E-state index is 0.312. The van der Waals surface area contributed by atoms with E-state index in [0.717, 1.165) is 12.8 Å². The van der Waals surface area contributed by atoms with Crippen LogP contribution in [0.4, 0.5) is 0 Å². The van der Waals surface area contributed by atoms with Crippen molar-refractivity contribution in [1.82, 2.24) is 0 Å². The SMILES string of the molecule is CCCCCCCC(O)C[N+](=O)[O-]. The van der Waals surface area contributed by atoms with Gasteiger partial charge in [0.05, 0.1) is 0 Å². The van der Waals surface area contributed by atoms with Gasteiger partial charge in [0.2, 0.25) is 6.54 Å². The molecule has 0 amide bonds. The zero-order chi connectivity index (χ0) is 10.1. The predicted molar refractivity (Wildman–Crippen MR) is 51.2 cm³/mol. The van der Waals surface area contributed by atoms with Gasteiger partial charge in [0.15, 0.2) is 0 Å². The molecule has 0 aliphatic rings. The second kappa shape index (κ2) is 7.98. The molecule has 0 heterocycles. The maximum atomic E-state index is 9.99. The van der Waals surface area contributed by atoms with E-state index in [1.54, 1.807) is 0 Å². The number of hydrogen-bond acceptors (Lipinski definition) is 3. The summed E-state index contributed by atoms with van der Waals surface area (Å²) in [5, 5.41) is 19.1. The summed E-state index contributed by atoms with van der Waals surface area (Å²) in [7, 11) is 0. The quantitative estimate of drug-likeness (QED) is 0.361. The number of rotatable bonds is 8. The average molecular weight is 189 g/mol. The second-order valence-corrected chi connectivity index (χ2v) is 3.37. The number of unbranched alkanes of at least 4 members (excludes halogenated alkanes) is 4. The summed E-state index contributed by atoms with van der Waals surface area (Å²) in [6, 6.07) is 0. The first kappa shape index (κ1) is 12.4. The van der Waals surface area contributed by atoms with E-state index < -0.39 is 11.0 Å². The molecule has 0 saturated heterocycles. The standard InChI is InChI=1S/C9H19NO3/c1-2-3-4-5-6-7-9(11)8-10(12)13/h9,11H,2-8H2,1H3. The molecule has 4 nitrogen and oxygen atoms in total. The highest BCUT2D eigenvalue weighted by atomic mass is 16.6. The van der Waals surface area contributed by atoms with Gasteiger partial charge in [-0.1, -0.05) is 39.0 Å². The highest BCUT2D eigenvalue weighted by Gasteiger charge is 2.09. The van der Waals surface area contributed by atoms with Crippen molar-refractivity contribution in [3.8, 4) is 0 Å². The molecule has 4 heteroatoms. The van der Waals surface area contributed by atoms with Crippen molar-refractivity contribution >= 4 is 0 Å². The van der Waals surface area contributed by atoms with Crippen LogP contribution in [-0.2, 0) is 0 Å². The smallest absolute Gasteiger partial charge is 0.229 e. The Morgan fingerprint density at radius 1 is 1.31 bits per heavy atom. The highest BCUT2D eigenvalue weighted by molar-refractivity contribution is 4.53. The molecule has 0 saturated carbocycles. The lowest BCUT2D eigenvalue weighted by Gasteiger charge is -2.04. The fourth-order valence-corrected chi connectivity index (χ4v) is 1.25. The molecule has 0 bridgehead atoms. The molecule has 13 heavy (non-hydrogen) atoms. The van der Waals surface area contributed by atoms with E-state index in [1.807, 2.05) is 0 Å². The summed E-state index contributed by atoms with van der Waals surface area (Å²) in [4.78, 5) is 9.53. The van der Waals surface area contributed by atoms with Gasteiger partial charge in [-0.25, -0.2) is 0 Å². The van der Waals surface area contributed by atoms with Gasteiger partial charge in [-0.3, -0.25) is 10.1 Å². The summed E-state index contributed by atoms with van der Waals surface area (Å²) >= 11 is 0. The highest BCUT2D eigenvalue weighted by Crippen LogP contribution is 2.07. The molecule has 0 aliphatic heterocycles. The maximum Gasteiger partial charge on any atom is 0.229 e. The van der Waals surface area contributed by atoms with Crippen molar-refractivity contribution in [2.24, 2.45) is 0 Å². The van der Waals surface area contributed by atoms with Gasteiger partial charge in [-0.05, 0) is 6.42 Å². The van der Waals surface area contributed by atoms with E-state index in [2.05, 4.69) is 6.92 Å². The van der Waals surface area contributed by atoms with Crippen LogP contribution in [0.2, 0.25) is 0 Å². The summed E-state index contributed by atoms with van der Waals surface area (Å²) in [6.07, 6.45) is 5.35. The Labute approximate surface area is 79.1 Å². The van der Waals surface area contributed by atoms with Crippen LogP contribution >= 0.6 is 0 Å². The molecule has 1 atom stereocenters. The molecule has 78 valence electrons. The molecule has 0 aromatic rings. The monoisotopic (exact) mass is 189 g/mol. The van der Waals surface area contributed by atoms with Crippen molar-refractivity contribution in [2.75, 3.05) is 6.54 Å². The molecule has 1 N–H and O–H groups in total. The van der Waals surface area contributed by atoms with E-state index in [9.17, 15) is 10.1 Å². The summed E-state index contributed by atoms with van der Waals surface area (Å²) in [5.74, 6) is 0. The Kier molecular flexibility index (Phi) is 7.59. The van der Waals surface area contributed by atoms with E-state index >= 15 is 0 Å². The molecule has 1 unspecified atom stereocenters. The van der Waals surface area contributed by atoms with E-state index in [-0.39, 0.29) is 6.54 Å². The van der Waals surface area contributed by atoms with E-state index in [1.165, 1.54) is 19.3 Å². The molecular weight excluding hydrogens is 170 g/mol. The van der Waals surface area contributed by atoms with Crippen LogP contribution in [0.1, 0.15) is 45.4 Å². The van der Waals surface area contributed by atoms with Crippen LogP contribution < -0.4 is 0 Å². The Morgan fingerprint density at radius 2 is 1.92 bits per heavy atom. The van der Waals surface area contributed by atoms with Gasteiger partial charge in [-0.2, -0.15) is 0 Å². The fraction of sp³-hybridized carbons (Fsp3) is 1.00. The first-order valence-corrected chi connectivity index (χ1v) is 4.96. The van der Waals surface area contributed by atoms with Gasteiger partial charge in [-0.15, -0.1) is 0 Å². The van der Waals surface area contributed by atoms with Crippen LogP contribution in [0.15, 0.2) is 0 Å². The number of aliphatic hydroxyl groups excluding tert-OH is 1. The normalized spacial score (nSPS) is 12.8. The Morgan fingerprint density at radius 3 is 2.46 bits per heavy atom. The summed E-state index contributed by atoms with van der Waals surface area (Å²) < 4.78 is 0. The Bertz CT molecular complexity index is 139. The van der Waals surface area contributed by atoms with Crippen molar-refractivity contribution < 1.29 is 10.0 Å². The van der Waals surface area contributed by atoms with Crippen LogP contribution in [0.3, 0.4) is 0 Å². The van der Waals surface area contributed by atoms with Crippen molar-refractivity contribution in [2.45, 2.75) is 51.6 Å². The lowest BCUT2D eigenvalue weighted by molar-refractivity contribution is -0.490. The van der Waals surface area contributed by atoms with Crippen LogP contribution in [0.25, 0.3) is 0 Å². The molecule has 0 aromatic carbocycles. The number of nitrogens with zero attached hydrogens (tertiary/aromatic N) is 1. The third kappa shape index (κ3) is 9.27. The second-order valence-electron chi connectivity index (χ2n) is 3.37. The van der Waals surface area contributed by atoms with Crippen molar-refractivity contribution in [3.05, 3.63) is 10.1 Å². The predicted octanol–water partition coefficient (Wildman–Crippen LogP) is 1.98. The van der Waals surface area contributed by atoms with Gasteiger partial charge >= 0.3 is 0 Å². The molecule has 0 aliphatic carbocycles. The topological polar surface area (TPSA) is 63.4 Å². The van der Waals surface area contributed by atoms with Gasteiger partial charge in [0.25, 0.3) is 0 Å². The van der Waals surface area contributed by atoms with E-state index in [4.69, 9.17) is 5.11 Å². The third-order valence-electron chi connectivity index (χ3n) is 2.00. The van der Waals surface area contributed by atoms with Gasteiger partial charge in [0, 0.05) is 4.92 Å². The fourth-order valence-electron chi connectivity index (χ4n) is 1.25. The largest absolute Gasteiger partial charge is 0.386 e. The Hall–Kier alpha value is -0.640. The van der Waals surface area contributed by atoms with Crippen molar-refractivity contribution in [1.29, 1.82) is 0 Å². The summed E-state index contributed by atoms with van der Waals surface area (Å²) in [5.41, 5.74) is 0. The third-order valence-corrected chi connectivity index (χ3v) is 2.00. The zero-order valence-corrected chi connectivity index (χ0v) is 8.24.